The first-order valence-corrected chi connectivity index (χ1v) is 9.45. The summed E-state index contributed by atoms with van der Waals surface area (Å²) in [7, 11) is 0. The van der Waals surface area contributed by atoms with E-state index >= 15 is 0 Å². The number of piperidine rings is 1. The second kappa shape index (κ2) is 8.29. The Bertz CT molecular complexity index is 877. The van der Waals surface area contributed by atoms with Crippen molar-refractivity contribution in [3.05, 3.63) is 53.0 Å². The number of likely N-dealkylation sites (tertiary alicyclic amines) is 1. The number of rotatable bonds is 5. The Morgan fingerprint density at radius 3 is 2.36 bits per heavy atom. The van der Waals surface area contributed by atoms with Gasteiger partial charge in [0, 0.05) is 36.8 Å². The molecule has 0 bridgehead atoms. The third kappa shape index (κ3) is 4.24. The first-order chi connectivity index (χ1) is 13.4. The van der Waals surface area contributed by atoms with Gasteiger partial charge in [0.15, 0.2) is 5.76 Å². The maximum absolute atomic E-state index is 12.6. The van der Waals surface area contributed by atoms with Gasteiger partial charge in [-0.15, -0.1) is 0 Å². The molecule has 7 heteroatoms. The Balaban J connectivity index is 1.66. The van der Waals surface area contributed by atoms with Crippen LogP contribution in [-0.2, 0) is 6.42 Å². The Labute approximate surface area is 163 Å². The molecule has 0 spiro atoms. The minimum Gasteiger partial charge on any atom is -0.478 e. The third-order valence-electron chi connectivity index (χ3n) is 5.04. The maximum atomic E-state index is 12.6. The van der Waals surface area contributed by atoms with Gasteiger partial charge in [-0.1, -0.05) is 13.8 Å². The van der Waals surface area contributed by atoms with Gasteiger partial charge in [-0.25, -0.2) is 4.79 Å². The van der Waals surface area contributed by atoms with Gasteiger partial charge in [-0.3, -0.25) is 9.59 Å². The average Bonchev–Trinajstić information content (AvgIpc) is 3.14. The van der Waals surface area contributed by atoms with E-state index < -0.39 is 11.9 Å². The van der Waals surface area contributed by atoms with Gasteiger partial charge in [0.05, 0.1) is 0 Å². The molecule has 1 aromatic carbocycles. The van der Waals surface area contributed by atoms with E-state index in [-0.39, 0.29) is 23.0 Å². The number of aromatic carboxylic acids is 1. The van der Waals surface area contributed by atoms with E-state index in [0.717, 1.165) is 25.9 Å². The molecule has 2 amide bonds. The molecular weight excluding hydrogens is 360 g/mol. The molecule has 1 aliphatic rings. The van der Waals surface area contributed by atoms with Crippen LogP contribution in [0.3, 0.4) is 0 Å². The molecule has 2 N–H and O–H groups in total. The summed E-state index contributed by atoms with van der Waals surface area (Å²) in [6.45, 7) is 5.48. The number of carbonyl (C=O) groups is 3. The van der Waals surface area contributed by atoms with Crippen molar-refractivity contribution in [3.8, 4) is 0 Å². The largest absolute Gasteiger partial charge is 0.478 e. The molecule has 1 aliphatic heterocycles. The predicted molar refractivity (Wildman–Crippen MR) is 104 cm³/mol. The molecule has 0 saturated carbocycles. The van der Waals surface area contributed by atoms with Gasteiger partial charge in [0.1, 0.15) is 11.3 Å². The molecule has 0 atom stereocenters. The SMILES string of the molecule is CCc1oc(C(=O)Nc2ccc(C(=O)N3CCC(C)CC3)cc2)cc1C(=O)O. The summed E-state index contributed by atoms with van der Waals surface area (Å²) in [5.74, 6) is -0.820. The van der Waals surface area contributed by atoms with E-state index in [9.17, 15) is 14.4 Å². The Morgan fingerprint density at radius 2 is 1.82 bits per heavy atom. The number of furan rings is 1. The smallest absolute Gasteiger partial charge is 0.339 e. The van der Waals surface area contributed by atoms with Gasteiger partial charge >= 0.3 is 5.97 Å². The summed E-state index contributed by atoms with van der Waals surface area (Å²) in [6, 6.07) is 7.89. The minimum absolute atomic E-state index is 0.00509. The van der Waals surface area contributed by atoms with E-state index in [4.69, 9.17) is 9.52 Å². The molecule has 1 fully saturated rings. The molecule has 0 radical (unpaired) electrons. The number of carboxylic acids is 1. The number of benzene rings is 1. The van der Waals surface area contributed by atoms with E-state index in [0.29, 0.717) is 23.6 Å². The number of carboxylic acid groups (broad SMARTS) is 1. The number of nitrogens with one attached hydrogen (secondary N) is 1. The summed E-state index contributed by atoms with van der Waals surface area (Å²) in [5.41, 5.74) is 1.07. The fraction of sp³-hybridized carbons (Fsp3) is 0.381. The van der Waals surface area contributed by atoms with Crippen LogP contribution in [-0.4, -0.2) is 40.9 Å². The normalized spacial score (nSPS) is 14.7. The minimum atomic E-state index is -1.13. The molecule has 28 heavy (non-hydrogen) atoms. The van der Waals surface area contributed by atoms with Crippen LogP contribution in [0.4, 0.5) is 5.69 Å². The number of hydrogen-bond donors (Lipinski definition) is 2. The van der Waals surface area contributed by atoms with Crippen LogP contribution in [0.1, 0.15) is 63.7 Å². The highest BCUT2D eigenvalue weighted by Crippen LogP contribution is 2.21. The average molecular weight is 384 g/mol. The molecule has 2 aromatic rings. The second-order valence-corrected chi connectivity index (χ2v) is 7.11. The Kier molecular flexibility index (Phi) is 5.82. The molecule has 2 heterocycles. The summed E-state index contributed by atoms with van der Waals surface area (Å²) < 4.78 is 5.36. The summed E-state index contributed by atoms with van der Waals surface area (Å²) in [4.78, 5) is 38.0. The topological polar surface area (TPSA) is 99.9 Å². The van der Waals surface area contributed by atoms with Crippen molar-refractivity contribution in [1.29, 1.82) is 0 Å². The standard InChI is InChI=1S/C21H24N2O5/c1-3-17-16(21(26)27)12-18(28-17)19(24)22-15-6-4-14(5-7-15)20(25)23-10-8-13(2)9-11-23/h4-7,12-13H,3,8-11H2,1-2H3,(H,22,24)(H,26,27). The summed E-state index contributed by atoms with van der Waals surface area (Å²) in [5, 5.41) is 11.8. The lowest BCUT2D eigenvalue weighted by molar-refractivity contribution is 0.0686. The van der Waals surface area contributed by atoms with Crippen LogP contribution in [0.5, 0.6) is 0 Å². The first-order valence-electron chi connectivity index (χ1n) is 9.45. The van der Waals surface area contributed by atoms with Gasteiger partial charge in [-0.2, -0.15) is 0 Å². The first kappa shape index (κ1) is 19.7. The van der Waals surface area contributed by atoms with Crippen LogP contribution in [0.25, 0.3) is 0 Å². The van der Waals surface area contributed by atoms with Crippen molar-refractivity contribution in [2.75, 3.05) is 18.4 Å². The van der Waals surface area contributed by atoms with Crippen LogP contribution in [0.2, 0.25) is 0 Å². The summed E-state index contributed by atoms with van der Waals surface area (Å²) >= 11 is 0. The number of nitrogens with zero attached hydrogens (tertiary/aromatic N) is 1. The fourth-order valence-electron chi connectivity index (χ4n) is 3.27. The summed E-state index contributed by atoms with van der Waals surface area (Å²) in [6.07, 6.45) is 2.41. The Morgan fingerprint density at radius 1 is 1.18 bits per heavy atom. The van der Waals surface area contributed by atoms with Crippen molar-refractivity contribution < 1.29 is 23.9 Å². The highest BCUT2D eigenvalue weighted by atomic mass is 16.4. The van der Waals surface area contributed by atoms with Crippen LogP contribution >= 0.6 is 0 Å². The zero-order valence-corrected chi connectivity index (χ0v) is 16.0. The molecule has 0 aliphatic carbocycles. The van der Waals surface area contributed by atoms with Crippen LogP contribution < -0.4 is 5.32 Å². The van der Waals surface area contributed by atoms with Crippen LogP contribution in [0, 0.1) is 5.92 Å². The lowest BCUT2D eigenvalue weighted by atomic mass is 9.98. The predicted octanol–water partition coefficient (Wildman–Crippen LogP) is 3.66. The maximum Gasteiger partial charge on any atom is 0.339 e. The quantitative estimate of drug-likeness (QED) is 0.819. The highest BCUT2D eigenvalue weighted by Gasteiger charge is 2.22. The number of aryl methyl sites for hydroxylation is 1. The number of amides is 2. The Hall–Kier alpha value is -3.09. The fourth-order valence-corrected chi connectivity index (χ4v) is 3.27. The van der Waals surface area contributed by atoms with E-state index in [1.54, 1.807) is 31.2 Å². The van der Waals surface area contributed by atoms with Crippen molar-refractivity contribution in [2.24, 2.45) is 5.92 Å². The molecule has 0 unspecified atom stereocenters. The number of hydrogen-bond acceptors (Lipinski definition) is 4. The van der Waals surface area contributed by atoms with Crippen molar-refractivity contribution in [1.82, 2.24) is 4.90 Å². The van der Waals surface area contributed by atoms with E-state index in [1.807, 2.05) is 4.90 Å². The molecule has 1 saturated heterocycles. The number of carbonyl (C=O) groups excluding carboxylic acids is 2. The van der Waals surface area contributed by atoms with E-state index in [1.165, 1.54) is 6.07 Å². The van der Waals surface area contributed by atoms with Gasteiger partial charge in [-0.05, 0) is 43.0 Å². The van der Waals surface area contributed by atoms with Crippen molar-refractivity contribution in [2.45, 2.75) is 33.1 Å². The monoisotopic (exact) mass is 384 g/mol. The second-order valence-electron chi connectivity index (χ2n) is 7.11. The van der Waals surface area contributed by atoms with Crippen molar-refractivity contribution in [3.63, 3.8) is 0 Å². The third-order valence-corrected chi connectivity index (χ3v) is 5.04. The lowest BCUT2D eigenvalue weighted by Gasteiger charge is -2.30. The number of anilines is 1. The zero-order valence-electron chi connectivity index (χ0n) is 16.0. The highest BCUT2D eigenvalue weighted by molar-refractivity contribution is 6.04. The lowest BCUT2D eigenvalue weighted by Crippen LogP contribution is -2.37. The molecule has 3 rings (SSSR count). The molecular formula is C21H24N2O5. The molecule has 148 valence electrons. The van der Waals surface area contributed by atoms with Crippen molar-refractivity contribution >= 4 is 23.5 Å². The molecule has 7 nitrogen and oxygen atoms in total. The van der Waals surface area contributed by atoms with Gasteiger partial charge < -0.3 is 19.7 Å². The van der Waals surface area contributed by atoms with E-state index in [2.05, 4.69) is 12.2 Å². The van der Waals surface area contributed by atoms with Gasteiger partial charge in [0.2, 0.25) is 0 Å². The van der Waals surface area contributed by atoms with Crippen LogP contribution in [0.15, 0.2) is 34.7 Å². The molecule has 1 aromatic heterocycles. The van der Waals surface area contributed by atoms with Gasteiger partial charge in [0.25, 0.3) is 11.8 Å². The zero-order chi connectivity index (χ0) is 20.3.